The van der Waals surface area contributed by atoms with Crippen LogP contribution in [0.5, 0.6) is 0 Å². The Kier molecular flexibility index (Phi) is 2.54. The molecule has 2 aromatic rings. The summed E-state index contributed by atoms with van der Waals surface area (Å²) in [4.78, 5) is 12.0. The maximum Gasteiger partial charge on any atom is 0.167 e. The van der Waals surface area contributed by atoms with Crippen molar-refractivity contribution in [3.8, 4) is 11.3 Å². The van der Waals surface area contributed by atoms with Gasteiger partial charge in [0.05, 0.1) is 11.3 Å². The van der Waals surface area contributed by atoms with Gasteiger partial charge in [-0.2, -0.15) is 5.10 Å². The number of benzene rings is 1. The van der Waals surface area contributed by atoms with Gasteiger partial charge in [-0.1, -0.05) is 30.3 Å². The number of carbonyl (C=O) groups excluding carboxylic acids is 1. The quantitative estimate of drug-likeness (QED) is 0.807. The molecule has 0 fully saturated rings. The molecular weight excluding hydrogens is 224 g/mol. The van der Waals surface area contributed by atoms with Crippen molar-refractivity contribution >= 4 is 5.78 Å². The van der Waals surface area contributed by atoms with Crippen LogP contribution < -0.4 is 0 Å². The third-order valence-corrected chi connectivity index (χ3v) is 3.41. The van der Waals surface area contributed by atoms with Crippen LogP contribution in [0.3, 0.4) is 0 Å². The largest absolute Gasteiger partial charge is 0.294 e. The zero-order valence-electron chi connectivity index (χ0n) is 10.7. The Morgan fingerprint density at radius 1 is 1.17 bits per heavy atom. The zero-order chi connectivity index (χ0) is 12.7. The summed E-state index contributed by atoms with van der Waals surface area (Å²) in [6, 6.07) is 10.3. The summed E-state index contributed by atoms with van der Waals surface area (Å²) in [5.41, 5.74) is 3.83. The smallest absolute Gasteiger partial charge is 0.167 e. The van der Waals surface area contributed by atoms with Crippen molar-refractivity contribution < 1.29 is 4.79 Å². The van der Waals surface area contributed by atoms with Crippen LogP contribution in [-0.4, -0.2) is 15.6 Å². The lowest BCUT2D eigenvalue weighted by Crippen LogP contribution is -2.06. The molecule has 0 bridgehead atoms. The third kappa shape index (κ3) is 1.58. The Hall–Kier alpha value is -1.90. The maximum absolute atomic E-state index is 12.0. The van der Waals surface area contributed by atoms with Gasteiger partial charge >= 0.3 is 0 Å². The van der Waals surface area contributed by atoms with Gasteiger partial charge in [0.1, 0.15) is 5.69 Å². The van der Waals surface area contributed by atoms with Gasteiger partial charge in [0.15, 0.2) is 5.78 Å². The van der Waals surface area contributed by atoms with Crippen molar-refractivity contribution in [2.45, 2.75) is 32.7 Å². The number of aromatic nitrogens is 2. The predicted molar refractivity (Wildman–Crippen MR) is 70.7 cm³/mol. The molecule has 18 heavy (non-hydrogen) atoms. The van der Waals surface area contributed by atoms with Crippen molar-refractivity contribution in [2.24, 2.45) is 0 Å². The van der Waals surface area contributed by atoms with Crippen LogP contribution in [0.15, 0.2) is 30.3 Å². The Bertz CT molecular complexity index is 596. The van der Waals surface area contributed by atoms with Crippen molar-refractivity contribution in [2.75, 3.05) is 0 Å². The normalized spacial score (nSPS) is 14.3. The first kappa shape index (κ1) is 11.2. The summed E-state index contributed by atoms with van der Waals surface area (Å²) in [6.45, 7) is 4.20. The van der Waals surface area contributed by atoms with Crippen molar-refractivity contribution in [3.05, 3.63) is 41.6 Å². The molecule has 0 saturated heterocycles. The van der Waals surface area contributed by atoms with Gasteiger partial charge in [0.25, 0.3) is 0 Å². The number of nitrogens with zero attached hydrogens (tertiary/aromatic N) is 2. The number of carbonyl (C=O) groups is 1. The van der Waals surface area contributed by atoms with Gasteiger partial charge in [-0.25, -0.2) is 0 Å². The molecule has 0 aliphatic heterocycles. The molecule has 0 radical (unpaired) electrons. The molecule has 1 aliphatic carbocycles. The van der Waals surface area contributed by atoms with E-state index in [-0.39, 0.29) is 5.78 Å². The van der Waals surface area contributed by atoms with Crippen LogP contribution in [0.2, 0.25) is 0 Å². The van der Waals surface area contributed by atoms with Gasteiger partial charge < -0.3 is 0 Å². The first-order valence-electron chi connectivity index (χ1n) is 6.38. The lowest BCUT2D eigenvalue weighted by Gasteiger charge is -2.08. The van der Waals surface area contributed by atoms with E-state index in [2.05, 4.69) is 18.9 Å². The van der Waals surface area contributed by atoms with E-state index >= 15 is 0 Å². The average Bonchev–Trinajstić information content (AvgIpc) is 2.92. The molecule has 0 N–H and O–H groups in total. The highest BCUT2D eigenvalue weighted by Crippen LogP contribution is 2.33. The van der Waals surface area contributed by atoms with Crippen LogP contribution in [0.4, 0.5) is 0 Å². The molecule has 3 rings (SSSR count). The number of Topliss-reactive ketones (excluding diaryl/α,β-unsaturated/α-hetero) is 1. The predicted octanol–water partition coefficient (Wildman–Crippen LogP) is 3.26. The first-order chi connectivity index (χ1) is 8.68. The molecule has 1 aromatic carbocycles. The Labute approximate surface area is 106 Å². The van der Waals surface area contributed by atoms with E-state index < -0.39 is 0 Å². The van der Waals surface area contributed by atoms with Crippen LogP contribution >= 0.6 is 0 Å². The number of hydrogen-bond acceptors (Lipinski definition) is 2. The lowest BCUT2D eigenvalue weighted by atomic mass is 10.1. The SMILES string of the molecule is CC(C)n1nc(-c2ccccc2)c2c1CCC2=O. The molecule has 3 heteroatoms. The molecule has 1 heterocycles. The molecular formula is C15H16N2O. The molecule has 0 atom stereocenters. The van der Waals surface area contributed by atoms with Gasteiger partial charge in [-0.3, -0.25) is 9.48 Å². The maximum atomic E-state index is 12.0. The van der Waals surface area contributed by atoms with E-state index in [1.807, 2.05) is 35.0 Å². The minimum absolute atomic E-state index is 0.232. The fraction of sp³-hybridized carbons (Fsp3) is 0.333. The molecule has 1 aliphatic rings. The van der Waals surface area contributed by atoms with Gasteiger partial charge in [0.2, 0.25) is 0 Å². The fourth-order valence-corrected chi connectivity index (χ4v) is 2.58. The van der Waals surface area contributed by atoms with Crippen LogP contribution in [-0.2, 0) is 6.42 Å². The summed E-state index contributed by atoms with van der Waals surface area (Å²) in [5, 5.41) is 4.65. The van der Waals surface area contributed by atoms with Crippen LogP contribution in [0, 0.1) is 0 Å². The minimum Gasteiger partial charge on any atom is -0.294 e. The molecule has 1 aromatic heterocycles. The molecule has 0 unspecified atom stereocenters. The molecule has 0 amide bonds. The van der Waals surface area contributed by atoms with E-state index in [9.17, 15) is 4.79 Å². The number of ketones is 1. The second-order valence-electron chi connectivity index (χ2n) is 5.00. The van der Waals surface area contributed by atoms with E-state index in [4.69, 9.17) is 0 Å². The van der Waals surface area contributed by atoms with Crippen LogP contribution in [0.25, 0.3) is 11.3 Å². The second-order valence-corrected chi connectivity index (χ2v) is 5.00. The summed E-state index contributed by atoms with van der Waals surface area (Å²) in [5.74, 6) is 0.232. The van der Waals surface area contributed by atoms with E-state index in [0.29, 0.717) is 12.5 Å². The van der Waals surface area contributed by atoms with Crippen LogP contribution in [0.1, 0.15) is 42.4 Å². The zero-order valence-corrected chi connectivity index (χ0v) is 10.7. The monoisotopic (exact) mass is 240 g/mol. The number of fused-ring (bicyclic) bond motifs is 1. The van der Waals surface area contributed by atoms with E-state index in [1.54, 1.807) is 0 Å². The standard InChI is InChI=1S/C15H16N2O/c1-10(2)17-12-8-9-13(18)14(12)15(16-17)11-6-4-3-5-7-11/h3-7,10H,8-9H2,1-2H3. The summed E-state index contributed by atoms with van der Waals surface area (Å²) in [6.07, 6.45) is 1.45. The Morgan fingerprint density at radius 2 is 1.89 bits per heavy atom. The van der Waals surface area contributed by atoms with Crippen molar-refractivity contribution in [3.63, 3.8) is 0 Å². The van der Waals surface area contributed by atoms with E-state index in [1.165, 1.54) is 0 Å². The molecule has 0 saturated carbocycles. The summed E-state index contributed by atoms with van der Waals surface area (Å²) >= 11 is 0. The lowest BCUT2D eigenvalue weighted by molar-refractivity contribution is 0.0995. The molecule has 92 valence electrons. The summed E-state index contributed by atoms with van der Waals surface area (Å²) in [7, 11) is 0. The minimum atomic E-state index is 0.232. The Morgan fingerprint density at radius 3 is 2.56 bits per heavy atom. The Balaban J connectivity index is 2.22. The van der Waals surface area contributed by atoms with Crippen molar-refractivity contribution in [1.82, 2.24) is 9.78 Å². The van der Waals surface area contributed by atoms with Gasteiger partial charge in [-0.15, -0.1) is 0 Å². The number of hydrogen-bond donors (Lipinski definition) is 0. The third-order valence-electron chi connectivity index (χ3n) is 3.41. The van der Waals surface area contributed by atoms with Gasteiger partial charge in [0, 0.05) is 18.0 Å². The topological polar surface area (TPSA) is 34.9 Å². The van der Waals surface area contributed by atoms with Crippen molar-refractivity contribution in [1.29, 1.82) is 0 Å². The fourth-order valence-electron chi connectivity index (χ4n) is 2.58. The second kappa shape index (κ2) is 4.09. The molecule has 3 nitrogen and oxygen atoms in total. The summed E-state index contributed by atoms with van der Waals surface area (Å²) < 4.78 is 2.00. The number of rotatable bonds is 2. The average molecular weight is 240 g/mol. The first-order valence-corrected chi connectivity index (χ1v) is 6.38. The molecule has 0 spiro atoms. The highest BCUT2D eigenvalue weighted by molar-refractivity contribution is 6.05. The highest BCUT2D eigenvalue weighted by Gasteiger charge is 2.30. The van der Waals surface area contributed by atoms with Gasteiger partial charge in [-0.05, 0) is 20.3 Å². The van der Waals surface area contributed by atoms with E-state index in [0.717, 1.165) is 28.9 Å². The highest BCUT2D eigenvalue weighted by atomic mass is 16.1.